The van der Waals surface area contributed by atoms with Gasteiger partial charge in [0.1, 0.15) is 0 Å². The Morgan fingerprint density at radius 2 is 2.44 bits per heavy atom. The fourth-order valence-corrected chi connectivity index (χ4v) is 2.72. The van der Waals surface area contributed by atoms with Crippen LogP contribution in [0.25, 0.3) is 0 Å². The molecule has 0 spiro atoms. The Kier molecular flexibility index (Phi) is 1.68. The minimum absolute atomic E-state index is 1.04. The summed E-state index contributed by atoms with van der Waals surface area (Å²) >= 11 is 2.19. The first-order valence-corrected chi connectivity index (χ1v) is 4.84. The van der Waals surface area contributed by atoms with Crippen LogP contribution in [0.15, 0.2) is 0 Å². The minimum atomic E-state index is 1.04. The zero-order valence-electron chi connectivity index (χ0n) is 5.60. The van der Waals surface area contributed by atoms with Gasteiger partial charge in [0, 0.05) is 5.25 Å². The van der Waals surface area contributed by atoms with Gasteiger partial charge >= 0.3 is 0 Å². The predicted octanol–water partition coefficient (Wildman–Crippen LogP) is 1.10. The molecular weight excluding hydrogens is 130 g/mol. The van der Waals surface area contributed by atoms with Crippen molar-refractivity contribution in [1.82, 2.24) is 5.32 Å². The molecular formula is C7H13NS. The normalized spacial score (nSPS) is 42.7. The third-order valence-electron chi connectivity index (χ3n) is 2.09. The van der Waals surface area contributed by atoms with Gasteiger partial charge in [-0.15, -0.1) is 0 Å². The average molecular weight is 143 g/mol. The molecule has 2 unspecified atom stereocenters. The van der Waals surface area contributed by atoms with Gasteiger partial charge in [0.15, 0.2) is 0 Å². The Labute approximate surface area is 60.6 Å². The molecule has 1 aliphatic heterocycles. The molecule has 1 saturated heterocycles. The number of rotatable bonds is 0. The summed E-state index contributed by atoms with van der Waals surface area (Å²) in [6.07, 6.45) is 2.85. The lowest BCUT2D eigenvalue weighted by atomic mass is 10.4. The predicted molar refractivity (Wildman–Crippen MR) is 41.8 cm³/mol. The number of fused-ring (bicyclic) bond motifs is 1. The SMILES string of the molecule is C1CNCC2CC2SC1. The molecule has 2 atom stereocenters. The Morgan fingerprint density at radius 1 is 1.44 bits per heavy atom. The zero-order valence-corrected chi connectivity index (χ0v) is 6.41. The van der Waals surface area contributed by atoms with Crippen molar-refractivity contribution in [3.8, 4) is 0 Å². The fourth-order valence-electron chi connectivity index (χ4n) is 1.36. The van der Waals surface area contributed by atoms with Gasteiger partial charge < -0.3 is 5.32 Å². The molecule has 1 saturated carbocycles. The van der Waals surface area contributed by atoms with Crippen LogP contribution in [-0.4, -0.2) is 24.1 Å². The quantitative estimate of drug-likeness (QED) is 0.545. The number of hydrogen-bond donors (Lipinski definition) is 1. The molecule has 2 aliphatic rings. The molecule has 0 aromatic rings. The Hall–Kier alpha value is 0.310. The molecule has 2 fully saturated rings. The van der Waals surface area contributed by atoms with Crippen molar-refractivity contribution in [1.29, 1.82) is 0 Å². The summed E-state index contributed by atoms with van der Waals surface area (Å²) in [4.78, 5) is 0. The van der Waals surface area contributed by atoms with Crippen molar-refractivity contribution >= 4 is 11.8 Å². The van der Waals surface area contributed by atoms with Crippen molar-refractivity contribution in [2.75, 3.05) is 18.8 Å². The van der Waals surface area contributed by atoms with Crippen LogP contribution < -0.4 is 5.32 Å². The minimum Gasteiger partial charge on any atom is -0.316 e. The lowest BCUT2D eigenvalue weighted by molar-refractivity contribution is 0.628. The summed E-state index contributed by atoms with van der Waals surface area (Å²) in [7, 11) is 0. The maximum absolute atomic E-state index is 3.47. The van der Waals surface area contributed by atoms with Crippen LogP contribution in [0, 0.1) is 5.92 Å². The Morgan fingerprint density at radius 3 is 3.44 bits per heavy atom. The van der Waals surface area contributed by atoms with E-state index >= 15 is 0 Å². The summed E-state index contributed by atoms with van der Waals surface area (Å²) in [6, 6.07) is 0. The van der Waals surface area contributed by atoms with Crippen molar-refractivity contribution in [2.24, 2.45) is 5.92 Å². The van der Waals surface area contributed by atoms with Crippen molar-refractivity contribution in [3.63, 3.8) is 0 Å². The van der Waals surface area contributed by atoms with E-state index in [-0.39, 0.29) is 0 Å². The van der Waals surface area contributed by atoms with Gasteiger partial charge in [-0.3, -0.25) is 0 Å². The lowest BCUT2D eigenvalue weighted by Gasteiger charge is -2.07. The van der Waals surface area contributed by atoms with E-state index in [0.717, 1.165) is 11.2 Å². The van der Waals surface area contributed by atoms with E-state index in [0.29, 0.717) is 0 Å². The highest BCUT2D eigenvalue weighted by Gasteiger charge is 2.37. The number of thioether (sulfide) groups is 1. The van der Waals surface area contributed by atoms with E-state index in [1.165, 1.54) is 31.7 Å². The number of nitrogens with one attached hydrogen (secondary N) is 1. The fraction of sp³-hybridized carbons (Fsp3) is 1.00. The topological polar surface area (TPSA) is 12.0 Å². The maximum atomic E-state index is 3.47. The second-order valence-corrected chi connectivity index (χ2v) is 4.31. The van der Waals surface area contributed by atoms with Gasteiger partial charge in [0.2, 0.25) is 0 Å². The van der Waals surface area contributed by atoms with Crippen molar-refractivity contribution in [2.45, 2.75) is 18.1 Å². The van der Waals surface area contributed by atoms with Gasteiger partial charge in [0.05, 0.1) is 0 Å². The smallest absolute Gasteiger partial charge is 0.00913 e. The molecule has 52 valence electrons. The molecule has 0 aromatic heterocycles. The van der Waals surface area contributed by atoms with Crippen LogP contribution >= 0.6 is 11.8 Å². The molecule has 0 bridgehead atoms. The standard InChI is InChI=1S/C7H13NS/c1-2-8-5-6-4-7(6)9-3-1/h6-8H,1-5H2. The molecule has 1 aliphatic carbocycles. The van der Waals surface area contributed by atoms with E-state index in [9.17, 15) is 0 Å². The molecule has 1 N–H and O–H groups in total. The van der Waals surface area contributed by atoms with E-state index < -0.39 is 0 Å². The first-order valence-electron chi connectivity index (χ1n) is 3.79. The molecule has 0 radical (unpaired) electrons. The third-order valence-corrected chi connectivity index (χ3v) is 3.62. The van der Waals surface area contributed by atoms with Gasteiger partial charge in [-0.25, -0.2) is 0 Å². The highest BCUT2D eigenvalue weighted by Crippen LogP contribution is 2.41. The van der Waals surface area contributed by atoms with Gasteiger partial charge in [-0.2, -0.15) is 11.8 Å². The average Bonchev–Trinajstić information content (AvgIpc) is 2.46. The van der Waals surface area contributed by atoms with E-state index in [1.807, 2.05) is 0 Å². The summed E-state index contributed by atoms with van der Waals surface area (Å²) in [5.41, 5.74) is 0. The maximum Gasteiger partial charge on any atom is 0.00913 e. The summed E-state index contributed by atoms with van der Waals surface area (Å²) in [6.45, 7) is 2.54. The monoisotopic (exact) mass is 143 g/mol. The molecule has 1 heterocycles. The van der Waals surface area contributed by atoms with E-state index in [2.05, 4.69) is 17.1 Å². The summed E-state index contributed by atoms with van der Waals surface area (Å²) < 4.78 is 0. The van der Waals surface area contributed by atoms with Gasteiger partial charge in [0.25, 0.3) is 0 Å². The first-order chi connectivity index (χ1) is 4.47. The van der Waals surface area contributed by atoms with Crippen LogP contribution in [0.4, 0.5) is 0 Å². The first kappa shape index (κ1) is 6.05. The Balaban J connectivity index is 1.81. The van der Waals surface area contributed by atoms with E-state index in [1.54, 1.807) is 0 Å². The molecule has 2 heteroatoms. The van der Waals surface area contributed by atoms with E-state index in [4.69, 9.17) is 0 Å². The van der Waals surface area contributed by atoms with Crippen LogP contribution in [-0.2, 0) is 0 Å². The largest absolute Gasteiger partial charge is 0.316 e. The zero-order chi connectivity index (χ0) is 6.10. The van der Waals surface area contributed by atoms with Gasteiger partial charge in [-0.1, -0.05) is 0 Å². The molecule has 9 heavy (non-hydrogen) atoms. The lowest BCUT2D eigenvalue weighted by Crippen LogP contribution is -2.21. The highest BCUT2D eigenvalue weighted by molar-refractivity contribution is 8.00. The summed E-state index contributed by atoms with van der Waals surface area (Å²) in [5.74, 6) is 2.42. The second kappa shape index (κ2) is 2.51. The molecule has 0 aromatic carbocycles. The molecule has 2 rings (SSSR count). The van der Waals surface area contributed by atoms with Crippen molar-refractivity contribution in [3.05, 3.63) is 0 Å². The van der Waals surface area contributed by atoms with Crippen LogP contribution in [0.5, 0.6) is 0 Å². The van der Waals surface area contributed by atoms with Crippen LogP contribution in [0.2, 0.25) is 0 Å². The Bertz CT molecular complexity index is 93.1. The van der Waals surface area contributed by atoms with Crippen molar-refractivity contribution < 1.29 is 0 Å². The molecule has 1 nitrogen and oxygen atoms in total. The second-order valence-electron chi connectivity index (χ2n) is 2.96. The molecule has 0 amide bonds. The third kappa shape index (κ3) is 1.41. The van der Waals surface area contributed by atoms with Crippen LogP contribution in [0.3, 0.4) is 0 Å². The highest BCUT2D eigenvalue weighted by atomic mass is 32.2. The van der Waals surface area contributed by atoms with Crippen LogP contribution in [0.1, 0.15) is 12.8 Å². The number of hydrogen-bond acceptors (Lipinski definition) is 2. The van der Waals surface area contributed by atoms with Gasteiger partial charge in [-0.05, 0) is 37.6 Å². The summed E-state index contributed by atoms with van der Waals surface area (Å²) in [5, 5.41) is 4.50.